The Labute approximate surface area is 145 Å². The van der Waals surface area contributed by atoms with Crippen LogP contribution >= 0.6 is 0 Å². The lowest BCUT2D eigenvalue weighted by Gasteiger charge is -2.33. The lowest BCUT2D eigenvalue weighted by atomic mass is 9.99. The number of rotatable bonds is 3. The normalized spacial score (nSPS) is 20.9. The zero-order valence-corrected chi connectivity index (χ0v) is 14.5. The smallest absolute Gasteiger partial charge is 0.326 e. The highest BCUT2D eigenvalue weighted by Crippen LogP contribution is 2.40. The fourth-order valence-electron chi connectivity index (χ4n) is 3.81. The van der Waals surface area contributed by atoms with Crippen molar-refractivity contribution in [3.8, 4) is 0 Å². The Hall–Kier alpha value is -2.44. The summed E-state index contributed by atoms with van der Waals surface area (Å²) in [6.07, 6.45) is 4.36. The van der Waals surface area contributed by atoms with E-state index in [-0.39, 0.29) is 5.91 Å². The summed E-state index contributed by atoms with van der Waals surface area (Å²) in [5, 5.41) is 14.7. The van der Waals surface area contributed by atoms with Gasteiger partial charge >= 0.3 is 5.97 Å². The molecule has 1 aliphatic carbocycles. The number of hydrogen-bond donors (Lipinski definition) is 1. The van der Waals surface area contributed by atoms with Gasteiger partial charge in [-0.05, 0) is 45.1 Å². The lowest BCUT2D eigenvalue weighted by molar-refractivity contribution is -0.143. The first-order valence-corrected chi connectivity index (χ1v) is 8.85. The van der Waals surface area contributed by atoms with E-state index in [9.17, 15) is 14.7 Å². The van der Waals surface area contributed by atoms with Gasteiger partial charge in [-0.3, -0.25) is 9.48 Å². The third-order valence-electron chi connectivity index (χ3n) is 5.26. The van der Waals surface area contributed by atoms with Gasteiger partial charge in [0.25, 0.3) is 5.91 Å². The highest BCUT2D eigenvalue weighted by Gasteiger charge is 2.35. The van der Waals surface area contributed by atoms with Crippen LogP contribution in [0.25, 0.3) is 11.0 Å². The Morgan fingerprint density at radius 3 is 2.68 bits per heavy atom. The topological polar surface area (TPSA) is 88.3 Å². The zero-order valence-electron chi connectivity index (χ0n) is 14.5. The van der Waals surface area contributed by atoms with Crippen molar-refractivity contribution in [2.45, 2.75) is 51.0 Å². The molecule has 0 radical (unpaired) electrons. The van der Waals surface area contributed by atoms with Gasteiger partial charge in [0, 0.05) is 25.2 Å². The summed E-state index contributed by atoms with van der Waals surface area (Å²) in [5.41, 5.74) is 2.92. The van der Waals surface area contributed by atoms with Crippen LogP contribution in [0.2, 0.25) is 0 Å². The molecule has 2 fully saturated rings. The monoisotopic (exact) mass is 342 g/mol. The van der Waals surface area contributed by atoms with E-state index in [1.165, 1.54) is 4.90 Å². The fourth-order valence-corrected chi connectivity index (χ4v) is 3.81. The van der Waals surface area contributed by atoms with Crippen molar-refractivity contribution in [2.75, 3.05) is 6.54 Å². The predicted molar refractivity (Wildman–Crippen MR) is 91.5 cm³/mol. The Balaban J connectivity index is 1.84. The molecule has 3 heterocycles. The maximum absolute atomic E-state index is 13.3. The molecule has 4 rings (SSSR count). The van der Waals surface area contributed by atoms with E-state index >= 15 is 0 Å². The van der Waals surface area contributed by atoms with E-state index in [1.807, 2.05) is 20.0 Å². The van der Waals surface area contributed by atoms with Crippen molar-refractivity contribution in [2.24, 2.45) is 7.05 Å². The van der Waals surface area contributed by atoms with Gasteiger partial charge in [0.05, 0.1) is 16.6 Å². The zero-order chi connectivity index (χ0) is 17.7. The number of likely N-dealkylation sites (tertiary alicyclic amines) is 1. The molecule has 0 bridgehead atoms. The fraction of sp³-hybridized carbons (Fsp3) is 0.556. The number of nitrogens with zero attached hydrogens (tertiary/aromatic N) is 4. The van der Waals surface area contributed by atoms with Crippen LogP contribution in [0.3, 0.4) is 0 Å². The second kappa shape index (κ2) is 5.82. The SMILES string of the molecule is Cc1nn(C)c2nc(C3CC3)cc(C(=O)N3CCCC[C@@H]3C(=O)O)c12. The van der Waals surface area contributed by atoms with Gasteiger partial charge in [0.15, 0.2) is 5.65 Å². The van der Waals surface area contributed by atoms with Gasteiger partial charge in [0.2, 0.25) is 0 Å². The summed E-state index contributed by atoms with van der Waals surface area (Å²) in [5.74, 6) is -0.732. The van der Waals surface area contributed by atoms with E-state index in [0.717, 1.165) is 42.5 Å². The average Bonchev–Trinajstić information content (AvgIpc) is 3.40. The molecule has 132 valence electrons. The van der Waals surface area contributed by atoms with Crippen molar-refractivity contribution in [3.63, 3.8) is 0 Å². The summed E-state index contributed by atoms with van der Waals surface area (Å²) < 4.78 is 1.71. The molecule has 2 aliphatic rings. The standard InChI is InChI=1S/C18H22N4O3/c1-10-15-12(17(23)22-8-4-3-5-14(22)18(24)25)9-13(11-6-7-11)19-16(15)21(2)20-10/h9,11,14H,3-8H2,1-2H3,(H,24,25)/t14-/m1/s1. The summed E-state index contributed by atoms with van der Waals surface area (Å²) >= 11 is 0. The van der Waals surface area contributed by atoms with Crippen LogP contribution in [0.15, 0.2) is 6.07 Å². The molecule has 1 N–H and O–H groups in total. The molecule has 25 heavy (non-hydrogen) atoms. The molecule has 2 aromatic heterocycles. The summed E-state index contributed by atoms with van der Waals surface area (Å²) in [6.45, 7) is 2.35. The first-order chi connectivity index (χ1) is 12.0. The summed E-state index contributed by atoms with van der Waals surface area (Å²) in [7, 11) is 1.83. The number of hydrogen-bond acceptors (Lipinski definition) is 4. The van der Waals surface area contributed by atoms with Crippen LogP contribution < -0.4 is 0 Å². The summed E-state index contributed by atoms with van der Waals surface area (Å²) in [6, 6.07) is 1.12. The molecule has 0 spiro atoms. The third-order valence-corrected chi connectivity index (χ3v) is 5.26. The summed E-state index contributed by atoms with van der Waals surface area (Å²) in [4.78, 5) is 31.1. The second-order valence-corrected chi connectivity index (χ2v) is 7.12. The number of carboxylic acids is 1. The number of pyridine rings is 1. The molecule has 1 amide bonds. The van der Waals surface area contributed by atoms with Gasteiger partial charge in [-0.15, -0.1) is 0 Å². The van der Waals surface area contributed by atoms with Gasteiger partial charge in [-0.2, -0.15) is 5.10 Å². The molecular formula is C18H22N4O3. The van der Waals surface area contributed by atoms with Crippen molar-refractivity contribution in [1.29, 1.82) is 0 Å². The first-order valence-electron chi connectivity index (χ1n) is 8.85. The number of amides is 1. The van der Waals surface area contributed by atoms with Gasteiger partial charge in [-0.25, -0.2) is 9.78 Å². The number of fused-ring (bicyclic) bond motifs is 1. The van der Waals surface area contributed by atoms with Crippen LogP contribution in [-0.4, -0.2) is 49.2 Å². The maximum atomic E-state index is 13.3. The molecule has 1 saturated heterocycles. The van der Waals surface area contributed by atoms with E-state index in [0.29, 0.717) is 30.1 Å². The van der Waals surface area contributed by atoms with Crippen molar-refractivity contribution >= 4 is 22.9 Å². The van der Waals surface area contributed by atoms with Crippen LogP contribution in [0.1, 0.15) is 59.8 Å². The van der Waals surface area contributed by atoms with Gasteiger partial charge < -0.3 is 10.0 Å². The largest absolute Gasteiger partial charge is 0.480 e. The quantitative estimate of drug-likeness (QED) is 0.924. The van der Waals surface area contributed by atoms with E-state index < -0.39 is 12.0 Å². The van der Waals surface area contributed by atoms with E-state index in [2.05, 4.69) is 5.10 Å². The lowest BCUT2D eigenvalue weighted by Crippen LogP contribution is -2.48. The number of carbonyl (C=O) groups is 2. The number of aryl methyl sites for hydroxylation is 2. The number of carboxylic acid groups (broad SMARTS) is 1. The Bertz CT molecular complexity index is 869. The first kappa shape index (κ1) is 16.1. The molecular weight excluding hydrogens is 320 g/mol. The Morgan fingerprint density at radius 2 is 2.00 bits per heavy atom. The van der Waals surface area contributed by atoms with E-state index in [4.69, 9.17) is 4.98 Å². The van der Waals surface area contributed by atoms with Gasteiger partial charge in [0.1, 0.15) is 6.04 Å². The number of carbonyl (C=O) groups excluding carboxylic acids is 1. The molecule has 1 saturated carbocycles. The van der Waals surface area contributed by atoms with Crippen LogP contribution in [0.5, 0.6) is 0 Å². The Kier molecular flexibility index (Phi) is 3.74. The molecule has 7 nitrogen and oxygen atoms in total. The molecule has 0 aromatic carbocycles. The minimum Gasteiger partial charge on any atom is -0.480 e. The van der Waals surface area contributed by atoms with Gasteiger partial charge in [-0.1, -0.05) is 0 Å². The molecule has 1 atom stereocenters. The van der Waals surface area contributed by atoms with Crippen LogP contribution in [0, 0.1) is 6.92 Å². The highest BCUT2D eigenvalue weighted by atomic mass is 16.4. The molecule has 0 unspecified atom stereocenters. The molecule has 2 aromatic rings. The number of aromatic nitrogens is 3. The maximum Gasteiger partial charge on any atom is 0.326 e. The Morgan fingerprint density at radius 1 is 1.24 bits per heavy atom. The molecule has 1 aliphatic heterocycles. The van der Waals surface area contributed by atoms with Crippen molar-refractivity contribution in [3.05, 3.63) is 23.0 Å². The predicted octanol–water partition coefficient (Wildman–Crippen LogP) is 2.23. The minimum absolute atomic E-state index is 0.211. The number of piperidine rings is 1. The second-order valence-electron chi connectivity index (χ2n) is 7.12. The van der Waals surface area contributed by atoms with Crippen LogP contribution in [-0.2, 0) is 11.8 Å². The van der Waals surface area contributed by atoms with Crippen LogP contribution in [0.4, 0.5) is 0 Å². The van der Waals surface area contributed by atoms with E-state index in [1.54, 1.807) is 4.68 Å². The highest BCUT2D eigenvalue weighted by molar-refractivity contribution is 6.07. The molecule has 7 heteroatoms. The van der Waals surface area contributed by atoms with Crippen molar-refractivity contribution in [1.82, 2.24) is 19.7 Å². The average molecular weight is 342 g/mol. The number of aliphatic carboxylic acids is 1. The third kappa shape index (κ3) is 2.67. The van der Waals surface area contributed by atoms with Crippen molar-refractivity contribution < 1.29 is 14.7 Å². The minimum atomic E-state index is -0.927.